The molecule has 4 heteroatoms. The first-order valence-electron chi connectivity index (χ1n) is 13.1. The Morgan fingerprint density at radius 2 is 1.92 bits per heavy atom. The van der Waals surface area contributed by atoms with E-state index in [1.54, 1.807) is 0 Å². The van der Waals surface area contributed by atoms with Crippen molar-refractivity contribution in [3.8, 4) is 17.2 Å². The summed E-state index contributed by atoms with van der Waals surface area (Å²) in [6.45, 7) is 0.952. The largest absolute Gasteiger partial charge is 0.493 e. The number of aliphatic hydroxyl groups is 1. The molecule has 1 unspecified atom stereocenters. The first-order chi connectivity index (χ1) is 16.5. The molecule has 0 fully saturated rings. The SMILES string of the molecule is [2H]c1c([2H])c(C)c([2H])c(OCC(O)CCC([2H])([2H])C([2H])([2H])c2c([2H])c([2H])c(OC)c(OC)c2[2H])c1[2H]. The zero-order chi connectivity index (χ0) is 27.7. The predicted octanol–water partition coefficient (Wildman–Crippen LogP) is 4.16. The van der Waals surface area contributed by atoms with E-state index in [-0.39, 0.29) is 41.3 Å². The topological polar surface area (TPSA) is 47.9 Å². The van der Waals surface area contributed by atoms with Gasteiger partial charge in [0.25, 0.3) is 0 Å². The average Bonchev–Trinajstić information content (AvgIpc) is 2.82. The van der Waals surface area contributed by atoms with Crippen molar-refractivity contribution in [3.63, 3.8) is 0 Å². The van der Waals surface area contributed by atoms with Gasteiger partial charge in [0.05, 0.1) is 29.9 Å². The van der Waals surface area contributed by atoms with Gasteiger partial charge in [0.2, 0.25) is 0 Å². The van der Waals surface area contributed by atoms with E-state index in [1.807, 2.05) is 0 Å². The Kier molecular flexibility index (Phi) is 3.56. The number of aliphatic hydroxyl groups excluding tert-OH is 1. The monoisotopic (exact) mass is 355 g/mol. The summed E-state index contributed by atoms with van der Waals surface area (Å²) in [4.78, 5) is 0. The lowest BCUT2D eigenvalue weighted by Gasteiger charge is -2.13. The van der Waals surface area contributed by atoms with Gasteiger partial charge in [0, 0.05) is 5.48 Å². The molecule has 1 N–H and O–H groups in total. The number of hydrogen-bond acceptors (Lipinski definition) is 4. The van der Waals surface area contributed by atoms with Crippen LogP contribution in [0.5, 0.6) is 17.2 Å². The van der Waals surface area contributed by atoms with Crippen LogP contribution in [0, 0.1) is 6.92 Å². The molecule has 0 aromatic heterocycles. The van der Waals surface area contributed by atoms with Gasteiger partial charge in [0.1, 0.15) is 12.4 Å². The molecule has 0 aliphatic carbocycles. The summed E-state index contributed by atoms with van der Waals surface area (Å²) in [5.74, 6) is -0.842. The molecule has 0 bridgehead atoms. The standard InChI is InChI=1S/C21H28O4/c1-16-7-6-10-19(13-16)25-15-18(22)9-5-4-8-17-11-12-20(23-2)21(14-17)24-3/h6-7,10-14,18,22H,4-5,8-9,15H2,1-3H3/i4D2,6D,7D,8D2,10D,11D,12D,13D,14D. The summed E-state index contributed by atoms with van der Waals surface area (Å²) in [5, 5.41) is 10.3. The van der Waals surface area contributed by atoms with E-state index in [0.29, 0.717) is 0 Å². The first-order valence-corrected chi connectivity index (χ1v) is 7.65. The molecule has 4 nitrogen and oxygen atoms in total. The summed E-state index contributed by atoms with van der Waals surface area (Å²) in [5.41, 5.74) is -0.557. The first kappa shape index (κ1) is 8.95. The van der Waals surface area contributed by atoms with Crippen LogP contribution in [0.3, 0.4) is 0 Å². The van der Waals surface area contributed by atoms with Gasteiger partial charge in [-0.05, 0) is 61.4 Å². The predicted molar refractivity (Wildman–Crippen MR) is 99.8 cm³/mol. The summed E-state index contributed by atoms with van der Waals surface area (Å²) in [6.07, 6.45) is -7.87. The molecule has 0 amide bonds. The third-order valence-electron chi connectivity index (χ3n) is 3.12. The third-order valence-corrected chi connectivity index (χ3v) is 3.12. The number of rotatable bonds is 10. The van der Waals surface area contributed by atoms with Crippen molar-refractivity contribution >= 4 is 0 Å². The Bertz CT molecular complexity index is 1110. The molecule has 2 aromatic carbocycles. The van der Waals surface area contributed by atoms with E-state index >= 15 is 0 Å². The minimum Gasteiger partial charge on any atom is -0.493 e. The van der Waals surface area contributed by atoms with Crippen molar-refractivity contribution in [2.45, 2.75) is 38.6 Å². The van der Waals surface area contributed by atoms with Crippen LogP contribution in [0.15, 0.2) is 42.3 Å². The lowest BCUT2D eigenvalue weighted by atomic mass is 10.0. The molecular weight excluding hydrogens is 316 g/mol. The smallest absolute Gasteiger partial charge is 0.160 e. The van der Waals surface area contributed by atoms with E-state index in [9.17, 15) is 5.11 Å². The fourth-order valence-corrected chi connectivity index (χ4v) is 1.87. The Morgan fingerprint density at radius 1 is 1.12 bits per heavy atom. The minimum absolute atomic E-state index is 0.131. The van der Waals surface area contributed by atoms with Crippen LogP contribution in [-0.2, 0) is 6.37 Å². The van der Waals surface area contributed by atoms with Crippen LogP contribution in [0.1, 0.15) is 45.4 Å². The van der Waals surface area contributed by atoms with E-state index in [2.05, 4.69) is 0 Å². The molecule has 0 saturated heterocycles. The van der Waals surface area contributed by atoms with Crippen LogP contribution < -0.4 is 14.2 Å². The number of hydrogen-bond donors (Lipinski definition) is 1. The molecule has 0 spiro atoms. The highest BCUT2D eigenvalue weighted by Crippen LogP contribution is 2.28. The van der Waals surface area contributed by atoms with Crippen LogP contribution in [0.4, 0.5) is 0 Å². The van der Waals surface area contributed by atoms with E-state index in [4.69, 9.17) is 29.3 Å². The van der Waals surface area contributed by atoms with Crippen molar-refractivity contribution in [3.05, 3.63) is 53.4 Å². The third kappa shape index (κ3) is 6.31. The number of ether oxygens (including phenoxy) is 3. The van der Waals surface area contributed by atoms with Crippen molar-refractivity contribution in [2.24, 2.45) is 0 Å². The van der Waals surface area contributed by atoms with Crippen molar-refractivity contribution in [1.82, 2.24) is 0 Å². The van der Waals surface area contributed by atoms with Crippen LogP contribution in [0.25, 0.3) is 0 Å². The van der Waals surface area contributed by atoms with Crippen molar-refractivity contribution < 1.29 is 34.4 Å². The van der Waals surface area contributed by atoms with Gasteiger partial charge < -0.3 is 19.3 Å². The van der Waals surface area contributed by atoms with Crippen LogP contribution >= 0.6 is 0 Å². The fourth-order valence-electron chi connectivity index (χ4n) is 1.87. The van der Waals surface area contributed by atoms with Gasteiger partial charge in [-0.1, -0.05) is 24.5 Å². The number of methoxy groups -OCH3 is 2. The molecule has 136 valence electrons. The minimum atomic E-state index is -2.93. The van der Waals surface area contributed by atoms with E-state index in [1.165, 1.54) is 21.1 Å². The quantitative estimate of drug-likeness (QED) is 0.695. The molecule has 0 radical (unpaired) electrons. The number of benzene rings is 2. The summed E-state index contributed by atoms with van der Waals surface area (Å²) >= 11 is 0. The maximum Gasteiger partial charge on any atom is 0.160 e. The Morgan fingerprint density at radius 3 is 2.68 bits per heavy atom. The molecule has 0 aliphatic rings. The highest BCUT2D eigenvalue weighted by molar-refractivity contribution is 5.42. The molecule has 0 aliphatic heterocycles. The normalized spacial score (nSPS) is 19.3. The zero-order valence-electron chi connectivity index (χ0n) is 25.4. The Hall–Kier alpha value is -2.20. The highest BCUT2D eigenvalue weighted by Gasteiger charge is 2.07. The van der Waals surface area contributed by atoms with Gasteiger partial charge in [-0.25, -0.2) is 0 Å². The van der Waals surface area contributed by atoms with Gasteiger partial charge >= 0.3 is 0 Å². The summed E-state index contributed by atoms with van der Waals surface area (Å²) in [7, 11) is 2.38. The van der Waals surface area contributed by atoms with Gasteiger partial charge in [0.15, 0.2) is 11.5 Å². The van der Waals surface area contributed by atoms with E-state index in [0.717, 1.165) is 0 Å². The molecule has 2 rings (SSSR count). The Labute approximate surface area is 165 Å². The average molecular weight is 356 g/mol. The van der Waals surface area contributed by atoms with Gasteiger partial charge in [-0.2, -0.15) is 0 Å². The lowest BCUT2D eigenvalue weighted by Crippen LogP contribution is -2.17. The molecule has 25 heavy (non-hydrogen) atoms. The summed E-state index contributed by atoms with van der Waals surface area (Å²) in [6, 6.07) is -3.38. The molecule has 2 aromatic rings. The van der Waals surface area contributed by atoms with E-state index < -0.39 is 67.7 Å². The maximum atomic E-state index is 10.3. The highest BCUT2D eigenvalue weighted by atomic mass is 16.5. The molecule has 0 saturated carbocycles. The van der Waals surface area contributed by atoms with Gasteiger partial charge in [-0.3, -0.25) is 0 Å². The van der Waals surface area contributed by atoms with Gasteiger partial charge in [-0.15, -0.1) is 0 Å². The summed E-state index contributed by atoms with van der Waals surface area (Å²) < 4.78 is 105. The Balaban J connectivity index is 2.25. The second-order valence-electron chi connectivity index (χ2n) is 5.08. The van der Waals surface area contributed by atoms with Crippen LogP contribution in [0.2, 0.25) is 0 Å². The van der Waals surface area contributed by atoms with Crippen molar-refractivity contribution in [1.29, 1.82) is 0 Å². The lowest BCUT2D eigenvalue weighted by molar-refractivity contribution is 0.0976. The second kappa shape index (κ2) is 9.94. The zero-order valence-corrected chi connectivity index (χ0v) is 14.4. The van der Waals surface area contributed by atoms with Crippen LogP contribution in [-0.4, -0.2) is 32.0 Å². The fraction of sp³-hybridized carbons (Fsp3) is 0.429. The molecule has 1 atom stereocenters. The maximum absolute atomic E-state index is 10.3. The molecule has 0 heterocycles. The molecular formula is C21H28O4. The second-order valence-corrected chi connectivity index (χ2v) is 5.08. The van der Waals surface area contributed by atoms with Crippen molar-refractivity contribution in [2.75, 3.05) is 20.8 Å².